The molecule has 0 aliphatic carbocycles. The predicted molar refractivity (Wildman–Crippen MR) is 131 cm³/mol. The molecule has 0 spiro atoms. The van der Waals surface area contributed by atoms with Gasteiger partial charge in [0.15, 0.2) is 12.7 Å². The van der Waals surface area contributed by atoms with E-state index in [0.717, 1.165) is 21.6 Å². The van der Waals surface area contributed by atoms with Crippen LogP contribution in [0.4, 0.5) is 5.69 Å². The molecule has 0 bridgehead atoms. The summed E-state index contributed by atoms with van der Waals surface area (Å²) in [7, 11) is 1.50. The molecule has 0 saturated carbocycles. The third-order valence-electron chi connectivity index (χ3n) is 5.69. The average Bonchev–Trinajstić information content (AvgIpc) is 3.47. The number of para-hydroxylation sites is 3. The summed E-state index contributed by atoms with van der Waals surface area (Å²) in [4.78, 5) is 40.6. The number of esters is 1. The highest BCUT2D eigenvalue weighted by atomic mass is 32.1. The third-order valence-corrected chi connectivity index (χ3v) is 6.78. The molecule has 1 aliphatic rings. The zero-order valence-corrected chi connectivity index (χ0v) is 19.9. The molecule has 5 rings (SSSR count). The minimum absolute atomic E-state index is 0.0159. The van der Waals surface area contributed by atoms with Crippen LogP contribution in [0.2, 0.25) is 0 Å². The third kappa shape index (κ3) is 4.24. The maximum Gasteiger partial charge on any atom is 0.348 e. The van der Waals surface area contributed by atoms with Crippen LogP contribution in [-0.2, 0) is 14.3 Å². The molecule has 2 aromatic heterocycles. The Morgan fingerprint density at radius 1 is 1.14 bits per heavy atom. The van der Waals surface area contributed by atoms with Gasteiger partial charge in [-0.05, 0) is 37.3 Å². The molecular formula is C25H22N4O5S. The van der Waals surface area contributed by atoms with Crippen LogP contribution >= 0.6 is 11.3 Å². The standard InChI is InChI=1S/C25H22N4O5S/c1-15-17-12-21(35-24(17)29(27-15)16-8-4-3-5-9-16)25(32)33-14-22(30)28-13-20(23(31)26-2)34-19-11-7-6-10-18(19)28/h3-12,20H,13-14H2,1-2H3,(H,26,31). The largest absolute Gasteiger partial charge is 0.477 e. The molecule has 1 unspecified atom stereocenters. The smallest absolute Gasteiger partial charge is 0.348 e. The Morgan fingerprint density at radius 3 is 2.66 bits per heavy atom. The summed E-state index contributed by atoms with van der Waals surface area (Å²) in [6.45, 7) is 1.43. The molecule has 2 amide bonds. The number of thiophene rings is 1. The van der Waals surface area contributed by atoms with Crippen molar-refractivity contribution in [2.24, 2.45) is 0 Å². The normalized spacial score (nSPS) is 14.8. The van der Waals surface area contributed by atoms with E-state index in [2.05, 4.69) is 10.4 Å². The first-order valence-corrected chi connectivity index (χ1v) is 11.8. The number of rotatable bonds is 5. The fraction of sp³-hybridized carbons (Fsp3) is 0.200. The Balaban J connectivity index is 1.33. The van der Waals surface area contributed by atoms with Crippen LogP contribution in [0.5, 0.6) is 5.75 Å². The van der Waals surface area contributed by atoms with Crippen molar-refractivity contribution in [1.29, 1.82) is 0 Å². The zero-order valence-electron chi connectivity index (χ0n) is 19.1. The van der Waals surface area contributed by atoms with Gasteiger partial charge in [0.1, 0.15) is 15.5 Å². The summed E-state index contributed by atoms with van der Waals surface area (Å²) in [5, 5.41) is 7.96. The number of fused-ring (bicyclic) bond motifs is 2. The number of aryl methyl sites for hydroxylation is 1. The number of hydrogen-bond acceptors (Lipinski definition) is 7. The Bertz CT molecular complexity index is 1430. The van der Waals surface area contributed by atoms with Crippen LogP contribution in [0.15, 0.2) is 60.7 Å². The van der Waals surface area contributed by atoms with Gasteiger partial charge in [-0.3, -0.25) is 9.59 Å². The van der Waals surface area contributed by atoms with Gasteiger partial charge in [-0.2, -0.15) is 5.10 Å². The Labute approximate surface area is 204 Å². The van der Waals surface area contributed by atoms with E-state index in [-0.39, 0.29) is 12.5 Å². The van der Waals surface area contributed by atoms with Crippen LogP contribution in [0.25, 0.3) is 15.9 Å². The number of ether oxygens (including phenoxy) is 2. The highest BCUT2D eigenvalue weighted by molar-refractivity contribution is 7.20. The molecular weight excluding hydrogens is 468 g/mol. The SMILES string of the molecule is CNC(=O)C1CN(C(=O)COC(=O)c2cc3c(C)nn(-c4ccccc4)c3s2)c2ccccc2O1. The zero-order chi connectivity index (χ0) is 24.5. The van der Waals surface area contributed by atoms with E-state index < -0.39 is 24.6 Å². The minimum Gasteiger partial charge on any atom is -0.477 e. The lowest BCUT2D eigenvalue weighted by atomic mass is 10.1. The van der Waals surface area contributed by atoms with E-state index in [9.17, 15) is 14.4 Å². The second kappa shape index (κ2) is 9.22. The molecule has 1 N–H and O–H groups in total. The molecule has 9 nitrogen and oxygen atoms in total. The number of likely N-dealkylation sites (N-methyl/N-ethyl adjacent to an activating group) is 1. The monoisotopic (exact) mass is 490 g/mol. The number of anilines is 1. The number of benzene rings is 2. The van der Waals surface area contributed by atoms with E-state index in [1.165, 1.54) is 23.3 Å². The molecule has 10 heteroatoms. The van der Waals surface area contributed by atoms with Gasteiger partial charge in [0.2, 0.25) is 0 Å². The van der Waals surface area contributed by atoms with Crippen LogP contribution < -0.4 is 15.0 Å². The van der Waals surface area contributed by atoms with Crippen molar-refractivity contribution >= 4 is 45.0 Å². The Morgan fingerprint density at radius 2 is 1.89 bits per heavy atom. The van der Waals surface area contributed by atoms with Gasteiger partial charge in [0.25, 0.3) is 11.8 Å². The molecule has 178 valence electrons. The first-order valence-electron chi connectivity index (χ1n) is 11.0. The molecule has 0 saturated heterocycles. The minimum atomic E-state index is -0.860. The summed E-state index contributed by atoms with van der Waals surface area (Å²) in [6, 6.07) is 18.3. The van der Waals surface area contributed by atoms with Gasteiger partial charge in [-0.15, -0.1) is 11.3 Å². The van der Waals surface area contributed by atoms with Crippen LogP contribution in [0.3, 0.4) is 0 Å². The number of amides is 2. The van der Waals surface area contributed by atoms with E-state index >= 15 is 0 Å². The molecule has 2 aromatic carbocycles. The first kappa shape index (κ1) is 22.6. The number of nitrogens with zero attached hydrogens (tertiary/aromatic N) is 3. The molecule has 4 aromatic rings. The van der Waals surface area contributed by atoms with Crippen LogP contribution in [-0.4, -0.2) is 53.9 Å². The Hall–Kier alpha value is -4.18. The van der Waals surface area contributed by atoms with Crippen molar-refractivity contribution in [3.05, 3.63) is 71.2 Å². The second-order valence-corrected chi connectivity index (χ2v) is 8.96. The average molecular weight is 491 g/mol. The molecule has 1 aliphatic heterocycles. The summed E-state index contributed by atoms with van der Waals surface area (Å²) < 4.78 is 12.9. The van der Waals surface area contributed by atoms with Crippen molar-refractivity contribution in [3.63, 3.8) is 0 Å². The highest BCUT2D eigenvalue weighted by Crippen LogP contribution is 2.34. The fourth-order valence-corrected chi connectivity index (χ4v) is 5.01. The maximum absolute atomic E-state index is 13.0. The van der Waals surface area contributed by atoms with Gasteiger partial charge < -0.3 is 19.7 Å². The van der Waals surface area contributed by atoms with E-state index in [1.54, 1.807) is 35.0 Å². The molecule has 0 radical (unpaired) electrons. The van der Waals surface area contributed by atoms with Crippen molar-refractivity contribution in [2.75, 3.05) is 25.1 Å². The predicted octanol–water partition coefficient (Wildman–Crippen LogP) is 3.09. The summed E-state index contributed by atoms with van der Waals surface area (Å²) in [6.07, 6.45) is -0.860. The number of carbonyl (C=O) groups excluding carboxylic acids is 3. The van der Waals surface area contributed by atoms with Gasteiger partial charge in [0.05, 0.1) is 23.6 Å². The van der Waals surface area contributed by atoms with Crippen molar-refractivity contribution in [3.8, 4) is 11.4 Å². The van der Waals surface area contributed by atoms with Crippen LogP contribution in [0, 0.1) is 6.92 Å². The topological polar surface area (TPSA) is 103 Å². The van der Waals surface area contributed by atoms with E-state index in [1.807, 2.05) is 37.3 Å². The van der Waals surface area contributed by atoms with Gasteiger partial charge >= 0.3 is 5.97 Å². The summed E-state index contributed by atoms with van der Waals surface area (Å²) in [5.74, 6) is -0.974. The number of aromatic nitrogens is 2. The Kier molecular flexibility index (Phi) is 5.96. The lowest BCUT2D eigenvalue weighted by molar-refractivity contribution is -0.128. The molecule has 0 fully saturated rings. The van der Waals surface area contributed by atoms with Crippen LogP contribution in [0.1, 0.15) is 15.4 Å². The fourth-order valence-electron chi connectivity index (χ4n) is 3.94. The van der Waals surface area contributed by atoms with Crippen molar-refractivity contribution in [2.45, 2.75) is 13.0 Å². The first-order chi connectivity index (χ1) is 17.0. The number of carbonyl (C=O) groups is 3. The molecule has 3 heterocycles. The van der Waals surface area contributed by atoms with Crippen molar-refractivity contribution in [1.82, 2.24) is 15.1 Å². The lowest BCUT2D eigenvalue weighted by Gasteiger charge is -2.33. The van der Waals surface area contributed by atoms with E-state index in [4.69, 9.17) is 9.47 Å². The maximum atomic E-state index is 13.0. The molecule has 1 atom stereocenters. The quantitative estimate of drug-likeness (QED) is 0.432. The second-order valence-electron chi connectivity index (χ2n) is 7.93. The highest BCUT2D eigenvalue weighted by Gasteiger charge is 2.33. The van der Waals surface area contributed by atoms with Crippen molar-refractivity contribution < 1.29 is 23.9 Å². The molecule has 35 heavy (non-hydrogen) atoms. The van der Waals surface area contributed by atoms with Gasteiger partial charge in [-0.1, -0.05) is 30.3 Å². The summed E-state index contributed by atoms with van der Waals surface area (Å²) >= 11 is 1.26. The van der Waals surface area contributed by atoms with Gasteiger partial charge in [0, 0.05) is 12.4 Å². The number of hydrogen-bond donors (Lipinski definition) is 1. The van der Waals surface area contributed by atoms with Gasteiger partial charge in [-0.25, -0.2) is 9.48 Å². The number of nitrogens with one attached hydrogen (secondary N) is 1. The lowest BCUT2D eigenvalue weighted by Crippen LogP contribution is -2.51. The van der Waals surface area contributed by atoms with E-state index in [0.29, 0.717) is 16.3 Å². The summed E-state index contributed by atoms with van der Waals surface area (Å²) in [5.41, 5.74) is 2.20.